The Morgan fingerprint density at radius 2 is 0.780 bits per heavy atom. The highest BCUT2D eigenvalue weighted by molar-refractivity contribution is 6.00. The standard InChI is InChI=1S/C47H31N3/c1-3-12-32(13-4-1)45-31-46(33-14-5-2-6-15-33)50-47(49-45)43-29-41(36-18-11-19-39(25-36)44-20-9-10-23-48-44)28-42(30-43)38-22-21-37-24-34-16-7-8-17-35(34)26-40(37)27-38/h1-31H. The van der Waals surface area contributed by atoms with Crippen molar-refractivity contribution in [2.45, 2.75) is 0 Å². The lowest BCUT2D eigenvalue weighted by atomic mass is 9.93. The Labute approximate surface area is 291 Å². The van der Waals surface area contributed by atoms with E-state index in [2.05, 4.69) is 157 Å². The molecule has 9 aromatic rings. The van der Waals surface area contributed by atoms with E-state index in [4.69, 9.17) is 9.97 Å². The fraction of sp³-hybridized carbons (Fsp3) is 0. The average molecular weight is 638 g/mol. The second-order valence-electron chi connectivity index (χ2n) is 12.6. The molecule has 3 nitrogen and oxygen atoms in total. The predicted molar refractivity (Wildman–Crippen MR) is 207 cm³/mol. The molecule has 50 heavy (non-hydrogen) atoms. The van der Waals surface area contributed by atoms with E-state index >= 15 is 0 Å². The summed E-state index contributed by atoms with van der Waals surface area (Å²) in [6, 6.07) is 64.0. The first kappa shape index (κ1) is 29.4. The summed E-state index contributed by atoms with van der Waals surface area (Å²) in [5.41, 5.74) is 11.3. The summed E-state index contributed by atoms with van der Waals surface area (Å²) in [6.07, 6.45) is 1.84. The molecule has 0 unspecified atom stereocenters. The Hall–Kier alpha value is -6.71. The van der Waals surface area contributed by atoms with Crippen molar-refractivity contribution in [2.24, 2.45) is 0 Å². The van der Waals surface area contributed by atoms with Crippen LogP contribution in [-0.2, 0) is 0 Å². The summed E-state index contributed by atoms with van der Waals surface area (Å²) >= 11 is 0. The van der Waals surface area contributed by atoms with Crippen molar-refractivity contribution in [1.29, 1.82) is 0 Å². The number of hydrogen-bond acceptors (Lipinski definition) is 3. The minimum atomic E-state index is 0.681. The van der Waals surface area contributed by atoms with Crippen LogP contribution < -0.4 is 0 Å². The lowest BCUT2D eigenvalue weighted by Crippen LogP contribution is -1.97. The van der Waals surface area contributed by atoms with Crippen LogP contribution in [0.25, 0.3) is 89.0 Å². The van der Waals surface area contributed by atoms with Crippen LogP contribution in [0.3, 0.4) is 0 Å². The summed E-state index contributed by atoms with van der Waals surface area (Å²) in [5, 5.41) is 4.91. The molecule has 7 aromatic carbocycles. The Kier molecular flexibility index (Phi) is 7.49. The highest BCUT2D eigenvalue weighted by Crippen LogP contribution is 2.36. The Balaban J connectivity index is 1.26. The van der Waals surface area contributed by atoms with E-state index in [9.17, 15) is 0 Å². The lowest BCUT2D eigenvalue weighted by molar-refractivity contribution is 1.18. The Morgan fingerprint density at radius 1 is 0.260 bits per heavy atom. The van der Waals surface area contributed by atoms with Crippen LogP contribution in [0.2, 0.25) is 0 Å². The molecule has 0 aliphatic rings. The van der Waals surface area contributed by atoms with Crippen LogP contribution >= 0.6 is 0 Å². The van der Waals surface area contributed by atoms with Crippen molar-refractivity contribution in [2.75, 3.05) is 0 Å². The zero-order chi connectivity index (χ0) is 33.3. The van der Waals surface area contributed by atoms with Crippen LogP contribution in [0.15, 0.2) is 188 Å². The van der Waals surface area contributed by atoms with Gasteiger partial charge >= 0.3 is 0 Å². The molecule has 0 fully saturated rings. The second-order valence-corrected chi connectivity index (χ2v) is 12.6. The lowest BCUT2D eigenvalue weighted by Gasteiger charge is -2.14. The molecule has 0 spiro atoms. The van der Waals surface area contributed by atoms with Gasteiger partial charge in [-0.2, -0.15) is 0 Å². The van der Waals surface area contributed by atoms with Gasteiger partial charge in [0.15, 0.2) is 5.82 Å². The second kappa shape index (κ2) is 12.7. The Morgan fingerprint density at radius 3 is 1.44 bits per heavy atom. The third-order valence-electron chi connectivity index (χ3n) is 9.25. The molecule has 0 saturated heterocycles. The van der Waals surface area contributed by atoms with Gasteiger partial charge in [0.05, 0.1) is 17.1 Å². The molecule has 0 amide bonds. The first-order valence-corrected chi connectivity index (χ1v) is 16.8. The van der Waals surface area contributed by atoms with E-state index < -0.39 is 0 Å². The van der Waals surface area contributed by atoms with E-state index in [1.807, 2.05) is 36.5 Å². The van der Waals surface area contributed by atoms with Gasteiger partial charge in [0, 0.05) is 28.5 Å². The molecule has 0 radical (unpaired) electrons. The molecule has 2 heterocycles. The molecule has 9 rings (SSSR count). The topological polar surface area (TPSA) is 38.7 Å². The molecule has 0 aliphatic carbocycles. The maximum Gasteiger partial charge on any atom is 0.160 e. The zero-order valence-corrected chi connectivity index (χ0v) is 27.2. The van der Waals surface area contributed by atoms with Gasteiger partial charge in [-0.25, -0.2) is 9.97 Å². The van der Waals surface area contributed by atoms with Gasteiger partial charge in [-0.1, -0.05) is 121 Å². The number of rotatable bonds is 6. The van der Waals surface area contributed by atoms with Gasteiger partial charge in [0.2, 0.25) is 0 Å². The summed E-state index contributed by atoms with van der Waals surface area (Å²) in [6.45, 7) is 0. The van der Waals surface area contributed by atoms with Crippen molar-refractivity contribution in [3.05, 3.63) is 188 Å². The van der Waals surface area contributed by atoms with Crippen LogP contribution in [0.4, 0.5) is 0 Å². The van der Waals surface area contributed by atoms with E-state index in [-0.39, 0.29) is 0 Å². The Bertz CT molecular complexity index is 2570. The number of aromatic nitrogens is 3. The fourth-order valence-electron chi connectivity index (χ4n) is 6.69. The van der Waals surface area contributed by atoms with Crippen LogP contribution in [-0.4, -0.2) is 15.0 Å². The highest BCUT2D eigenvalue weighted by Gasteiger charge is 2.15. The molecule has 0 bridgehead atoms. The van der Waals surface area contributed by atoms with Crippen molar-refractivity contribution in [1.82, 2.24) is 15.0 Å². The third kappa shape index (κ3) is 5.82. The summed E-state index contributed by atoms with van der Waals surface area (Å²) in [5.74, 6) is 0.681. The predicted octanol–water partition coefficient (Wildman–Crippen LogP) is 12.2. The summed E-state index contributed by atoms with van der Waals surface area (Å²) in [4.78, 5) is 15.0. The average Bonchev–Trinajstić information content (AvgIpc) is 3.20. The normalized spacial score (nSPS) is 11.2. The maximum absolute atomic E-state index is 5.20. The maximum atomic E-state index is 5.20. The first-order chi connectivity index (χ1) is 24.7. The quantitative estimate of drug-likeness (QED) is 0.170. The van der Waals surface area contributed by atoms with Crippen LogP contribution in [0.1, 0.15) is 0 Å². The van der Waals surface area contributed by atoms with Crippen molar-refractivity contribution in [3.8, 4) is 67.4 Å². The van der Waals surface area contributed by atoms with Crippen molar-refractivity contribution in [3.63, 3.8) is 0 Å². The molecule has 0 N–H and O–H groups in total. The molecule has 0 saturated carbocycles. The van der Waals surface area contributed by atoms with Crippen molar-refractivity contribution < 1.29 is 0 Å². The number of hydrogen-bond donors (Lipinski definition) is 0. The number of nitrogens with zero attached hydrogens (tertiary/aromatic N) is 3. The van der Waals surface area contributed by atoms with Crippen molar-refractivity contribution >= 4 is 21.5 Å². The van der Waals surface area contributed by atoms with Gasteiger partial charge < -0.3 is 0 Å². The highest BCUT2D eigenvalue weighted by atomic mass is 14.9. The van der Waals surface area contributed by atoms with Gasteiger partial charge in [-0.05, 0) is 104 Å². The third-order valence-corrected chi connectivity index (χ3v) is 9.25. The smallest absolute Gasteiger partial charge is 0.160 e. The van der Waals surface area contributed by atoms with E-state index in [1.165, 1.54) is 21.5 Å². The SMILES string of the molecule is c1ccc(-c2cc(-c3ccccc3)nc(-c3cc(-c4cccc(-c5ccccn5)c4)cc(-c4ccc5cc6ccccc6cc5c4)c3)n2)cc1. The summed E-state index contributed by atoms with van der Waals surface area (Å²) < 4.78 is 0. The van der Waals surface area contributed by atoms with Gasteiger partial charge in [0.25, 0.3) is 0 Å². The fourth-order valence-corrected chi connectivity index (χ4v) is 6.69. The summed E-state index contributed by atoms with van der Waals surface area (Å²) in [7, 11) is 0. The molecule has 0 aliphatic heterocycles. The van der Waals surface area contributed by atoms with E-state index in [1.54, 1.807) is 0 Å². The monoisotopic (exact) mass is 637 g/mol. The van der Waals surface area contributed by atoms with Gasteiger partial charge in [0.1, 0.15) is 0 Å². The molecular formula is C47H31N3. The van der Waals surface area contributed by atoms with Gasteiger partial charge in [-0.3, -0.25) is 4.98 Å². The van der Waals surface area contributed by atoms with E-state index in [0.717, 1.165) is 61.6 Å². The number of fused-ring (bicyclic) bond motifs is 2. The van der Waals surface area contributed by atoms with Gasteiger partial charge in [-0.15, -0.1) is 0 Å². The molecule has 3 heteroatoms. The molecular weight excluding hydrogens is 607 g/mol. The molecule has 0 atom stereocenters. The number of benzene rings is 7. The molecule has 234 valence electrons. The minimum Gasteiger partial charge on any atom is -0.256 e. The first-order valence-electron chi connectivity index (χ1n) is 16.8. The number of pyridine rings is 1. The minimum absolute atomic E-state index is 0.681. The molecule has 2 aromatic heterocycles. The van der Waals surface area contributed by atoms with E-state index in [0.29, 0.717) is 5.82 Å². The zero-order valence-electron chi connectivity index (χ0n) is 27.2. The van der Waals surface area contributed by atoms with Crippen LogP contribution in [0, 0.1) is 0 Å². The largest absolute Gasteiger partial charge is 0.256 e. The van der Waals surface area contributed by atoms with Crippen LogP contribution in [0.5, 0.6) is 0 Å².